The van der Waals surface area contributed by atoms with E-state index in [4.69, 9.17) is 5.11 Å². The molecule has 1 aliphatic heterocycles. The van der Waals surface area contributed by atoms with Gasteiger partial charge in [0.2, 0.25) is 0 Å². The number of nitrogens with zero attached hydrogens (tertiary/aromatic N) is 1. The molecular weight excluding hydrogens is 486 g/mol. The predicted molar refractivity (Wildman–Crippen MR) is 114 cm³/mol. The Labute approximate surface area is 199 Å². The Balaban J connectivity index is 2.51. The van der Waals surface area contributed by atoms with Crippen LogP contribution in [-0.4, -0.2) is 40.7 Å². The highest BCUT2D eigenvalue weighted by molar-refractivity contribution is 5.67. The summed E-state index contributed by atoms with van der Waals surface area (Å²) < 4.78 is 110. The van der Waals surface area contributed by atoms with E-state index in [1.165, 1.54) is 4.90 Å². The summed E-state index contributed by atoms with van der Waals surface area (Å²) in [5, 5.41) is 9.11. The van der Waals surface area contributed by atoms with Gasteiger partial charge in [0, 0.05) is 18.4 Å². The van der Waals surface area contributed by atoms with E-state index in [0.29, 0.717) is 18.6 Å². The lowest BCUT2D eigenvalue weighted by molar-refractivity contribution is -0.180. The molecule has 3 nitrogen and oxygen atoms in total. The summed E-state index contributed by atoms with van der Waals surface area (Å²) in [6.45, 7) is 5.52. The van der Waals surface area contributed by atoms with Crippen molar-refractivity contribution in [3.05, 3.63) is 35.4 Å². The minimum Gasteiger partial charge on any atom is -0.481 e. The topological polar surface area (TPSA) is 40.5 Å². The first kappa shape index (κ1) is 29.3. The van der Waals surface area contributed by atoms with Crippen LogP contribution in [0.4, 0.5) is 35.1 Å². The van der Waals surface area contributed by atoms with Crippen molar-refractivity contribution in [2.24, 2.45) is 11.3 Å². The summed E-state index contributed by atoms with van der Waals surface area (Å²) in [5.41, 5.74) is -1.52. The Hall–Kier alpha value is -1.91. The summed E-state index contributed by atoms with van der Waals surface area (Å²) in [5.74, 6) is -6.74. The lowest BCUT2D eigenvalue weighted by atomic mass is 9.79. The standard InChI is InChI=1S/C24H31F8NO2/c1-21(2,3)11-8-18(9-12-22(25,26)27)33-13-10-17(14-19(34)35)23(28,29)20(33)15-4-6-16(7-5-15)24(30,31)32/h4-7,17-18,20H,8-14H2,1-3H3,(H,34,35)/t17-,18+,20+/m0/s1. The highest BCUT2D eigenvalue weighted by Crippen LogP contribution is 2.50. The number of carboxylic acid groups (broad SMARTS) is 1. The third kappa shape index (κ3) is 8.32. The first-order valence-corrected chi connectivity index (χ1v) is 11.4. The number of piperidine rings is 1. The van der Waals surface area contributed by atoms with Gasteiger partial charge >= 0.3 is 18.3 Å². The molecule has 11 heteroatoms. The van der Waals surface area contributed by atoms with E-state index in [2.05, 4.69) is 0 Å². The molecule has 1 aliphatic rings. The number of aliphatic carboxylic acids is 1. The van der Waals surface area contributed by atoms with Crippen LogP contribution in [0, 0.1) is 11.3 Å². The number of carbonyl (C=O) groups is 1. The maximum atomic E-state index is 15.7. The summed E-state index contributed by atoms with van der Waals surface area (Å²) in [6.07, 6.45) is -11.3. The van der Waals surface area contributed by atoms with E-state index < -0.39 is 67.1 Å². The van der Waals surface area contributed by atoms with Gasteiger partial charge in [-0.15, -0.1) is 0 Å². The number of hydrogen-bond acceptors (Lipinski definition) is 2. The summed E-state index contributed by atoms with van der Waals surface area (Å²) in [7, 11) is 0. The molecule has 1 saturated heterocycles. The number of likely N-dealkylation sites (tertiary alicyclic amines) is 1. The van der Waals surface area contributed by atoms with Gasteiger partial charge in [-0.25, -0.2) is 8.78 Å². The average Bonchev–Trinajstić information content (AvgIpc) is 2.67. The first-order valence-electron chi connectivity index (χ1n) is 11.4. The Morgan fingerprint density at radius 1 is 1.03 bits per heavy atom. The van der Waals surface area contributed by atoms with Gasteiger partial charge in [0.05, 0.1) is 18.0 Å². The highest BCUT2D eigenvalue weighted by Gasteiger charge is 2.55. The number of carboxylic acids is 1. The van der Waals surface area contributed by atoms with Crippen molar-refractivity contribution in [3.8, 4) is 0 Å². The second kappa shape index (κ2) is 10.6. The molecule has 0 bridgehead atoms. The Bertz CT molecular complexity index is 825. The number of rotatable bonds is 8. The van der Waals surface area contributed by atoms with Gasteiger partial charge in [0.25, 0.3) is 5.92 Å². The van der Waals surface area contributed by atoms with E-state index in [1.54, 1.807) is 0 Å². The molecule has 0 aromatic heterocycles. The average molecular weight is 518 g/mol. The fraction of sp³-hybridized carbons (Fsp3) is 0.708. The maximum absolute atomic E-state index is 15.7. The third-order valence-corrected chi connectivity index (χ3v) is 6.41. The molecule has 1 aromatic rings. The van der Waals surface area contributed by atoms with Crippen LogP contribution in [0.3, 0.4) is 0 Å². The molecule has 0 aliphatic carbocycles. The molecule has 1 aromatic carbocycles. The van der Waals surface area contributed by atoms with Gasteiger partial charge in [-0.05, 0) is 55.3 Å². The molecule has 0 spiro atoms. The van der Waals surface area contributed by atoms with Gasteiger partial charge in [-0.3, -0.25) is 9.69 Å². The molecule has 1 heterocycles. The fourth-order valence-corrected chi connectivity index (χ4v) is 4.59. The van der Waals surface area contributed by atoms with Crippen LogP contribution in [0.25, 0.3) is 0 Å². The number of halogens is 8. The molecule has 200 valence electrons. The molecule has 1 fully saturated rings. The van der Waals surface area contributed by atoms with Crippen molar-refractivity contribution in [2.45, 2.75) is 89.7 Å². The smallest absolute Gasteiger partial charge is 0.416 e. The van der Waals surface area contributed by atoms with Crippen LogP contribution >= 0.6 is 0 Å². The third-order valence-electron chi connectivity index (χ3n) is 6.41. The first-order chi connectivity index (χ1) is 15.8. The maximum Gasteiger partial charge on any atom is 0.416 e. The van der Waals surface area contributed by atoms with E-state index >= 15 is 8.78 Å². The molecule has 1 N–H and O–H groups in total. The van der Waals surface area contributed by atoms with Gasteiger partial charge < -0.3 is 5.11 Å². The van der Waals surface area contributed by atoms with Crippen molar-refractivity contribution < 1.29 is 45.0 Å². The SMILES string of the molecule is CC(C)(C)CC[C@H](CCC(F)(F)F)N1CC[C@@H](CC(=O)O)C(F)(F)[C@H]1c1ccc(C(F)(F)F)cc1. The van der Waals surface area contributed by atoms with Crippen molar-refractivity contribution in [1.82, 2.24) is 4.90 Å². The van der Waals surface area contributed by atoms with Crippen LogP contribution in [0.1, 0.15) is 76.5 Å². The number of hydrogen-bond donors (Lipinski definition) is 1. The molecular formula is C24H31F8NO2. The predicted octanol–water partition coefficient (Wildman–Crippen LogP) is 7.72. The van der Waals surface area contributed by atoms with Crippen LogP contribution in [-0.2, 0) is 11.0 Å². The zero-order chi connectivity index (χ0) is 26.8. The molecule has 0 unspecified atom stereocenters. The van der Waals surface area contributed by atoms with Gasteiger partial charge in [-0.2, -0.15) is 26.3 Å². The molecule has 0 saturated carbocycles. The van der Waals surface area contributed by atoms with E-state index in [0.717, 1.165) is 12.1 Å². The minimum absolute atomic E-state index is 0.0914. The largest absolute Gasteiger partial charge is 0.481 e. The summed E-state index contributed by atoms with van der Waals surface area (Å²) >= 11 is 0. The Kier molecular flexibility index (Phi) is 8.88. The second-order valence-corrected chi connectivity index (χ2v) is 10.4. The summed E-state index contributed by atoms with van der Waals surface area (Å²) in [6, 6.07) is 0.361. The molecule has 3 atom stereocenters. The Morgan fingerprint density at radius 3 is 2.03 bits per heavy atom. The lowest BCUT2D eigenvalue weighted by Crippen LogP contribution is -2.55. The van der Waals surface area contributed by atoms with E-state index in [1.807, 2.05) is 20.8 Å². The van der Waals surface area contributed by atoms with Crippen molar-refractivity contribution in [3.63, 3.8) is 0 Å². The zero-order valence-electron chi connectivity index (χ0n) is 19.8. The van der Waals surface area contributed by atoms with Crippen molar-refractivity contribution in [1.29, 1.82) is 0 Å². The van der Waals surface area contributed by atoms with Crippen LogP contribution in [0.2, 0.25) is 0 Å². The molecule has 0 radical (unpaired) electrons. The molecule has 35 heavy (non-hydrogen) atoms. The van der Waals surface area contributed by atoms with Gasteiger partial charge in [-0.1, -0.05) is 32.9 Å². The van der Waals surface area contributed by atoms with Crippen LogP contribution < -0.4 is 0 Å². The van der Waals surface area contributed by atoms with Gasteiger partial charge in [0.15, 0.2) is 0 Å². The zero-order valence-corrected chi connectivity index (χ0v) is 19.8. The molecule has 0 amide bonds. The number of alkyl halides is 8. The quantitative estimate of drug-likeness (QED) is 0.359. The number of benzene rings is 1. The monoisotopic (exact) mass is 517 g/mol. The van der Waals surface area contributed by atoms with Crippen molar-refractivity contribution in [2.75, 3.05) is 6.54 Å². The van der Waals surface area contributed by atoms with Gasteiger partial charge in [0.1, 0.15) is 0 Å². The lowest BCUT2D eigenvalue weighted by Gasteiger charge is -2.49. The van der Waals surface area contributed by atoms with Crippen LogP contribution in [0.5, 0.6) is 0 Å². The van der Waals surface area contributed by atoms with E-state index in [-0.39, 0.29) is 30.4 Å². The van der Waals surface area contributed by atoms with E-state index in [9.17, 15) is 31.1 Å². The van der Waals surface area contributed by atoms with Crippen molar-refractivity contribution >= 4 is 5.97 Å². The Morgan fingerprint density at radius 2 is 1.57 bits per heavy atom. The van der Waals surface area contributed by atoms with Crippen LogP contribution in [0.15, 0.2) is 24.3 Å². The minimum atomic E-state index is -4.69. The second-order valence-electron chi connectivity index (χ2n) is 10.4. The molecule has 2 rings (SSSR count). The summed E-state index contributed by atoms with van der Waals surface area (Å²) in [4.78, 5) is 12.4. The fourth-order valence-electron chi connectivity index (χ4n) is 4.59. The highest BCUT2D eigenvalue weighted by atomic mass is 19.4. The normalized spacial score (nSPS) is 22.7.